The molecule has 2 heterocycles. The molecule has 3 aliphatic rings. The minimum absolute atomic E-state index is 0.0159. The number of hydrogen-bond acceptors (Lipinski definition) is 4. The third-order valence-electron chi connectivity index (χ3n) is 6.55. The van der Waals surface area contributed by atoms with Crippen LogP contribution in [0.2, 0.25) is 0 Å². The molecule has 28 heavy (non-hydrogen) atoms. The average Bonchev–Trinajstić information content (AvgIpc) is 3.20. The predicted octanol–water partition coefficient (Wildman–Crippen LogP) is 1.04. The number of likely N-dealkylation sites (tertiary alicyclic amines) is 1. The normalized spacial score (nSPS) is 29.9. The van der Waals surface area contributed by atoms with Gasteiger partial charge in [0, 0.05) is 30.9 Å². The molecule has 150 valence electrons. The molecule has 0 bridgehead atoms. The molecule has 1 aromatic rings. The number of carbonyl (C=O) groups is 3. The first-order valence-corrected chi connectivity index (χ1v) is 9.84. The molecule has 2 aliphatic heterocycles. The summed E-state index contributed by atoms with van der Waals surface area (Å²) in [5, 5.41) is 11.5. The van der Waals surface area contributed by atoms with Crippen molar-refractivity contribution in [1.82, 2.24) is 10.2 Å². The van der Waals surface area contributed by atoms with Crippen LogP contribution in [0, 0.1) is 0 Å². The van der Waals surface area contributed by atoms with Crippen LogP contribution in [0.1, 0.15) is 37.7 Å². The van der Waals surface area contributed by atoms with Crippen LogP contribution in [-0.4, -0.2) is 59.6 Å². The summed E-state index contributed by atoms with van der Waals surface area (Å²) in [4.78, 5) is 39.5. The highest BCUT2D eigenvalue weighted by Gasteiger charge is 2.52. The van der Waals surface area contributed by atoms with Crippen LogP contribution in [0.3, 0.4) is 0 Å². The topological polar surface area (TPSA) is 116 Å². The summed E-state index contributed by atoms with van der Waals surface area (Å²) in [6.07, 6.45) is 3.07. The van der Waals surface area contributed by atoms with Crippen molar-refractivity contribution in [2.75, 3.05) is 24.5 Å². The second-order valence-electron chi connectivity index (χ2n) is 8.12. The van der Waals surface area contributed by atoms with Crippen molar-refractivity contribution >= 4 is 23.6 Å². The maximum atomic E-state index is 13.3. The van der Waals surface area contributed by atoms with Crippen molar-refractivity contribution in [1.29, 1.82) is 0 Å². The number of anilines is 1. The van der Waals surface area contributed by atoms with Crippen LogP contribution in [-0.2, 0) is 15.0 Å². The van der Waals surface area contributed by atoms with E-state index in [2.05, 4.69) is 10.2 Å². The Morgan fingerprint density at radius 1 is 1.21 bits per heavy atom. The second kappa shape index (κ2) is 7.09. The van der Waals surface area contributed by atoms with Gasteiger partial charge in [-0.1, -0.05) is 18.2 Å². The fraction of sp³-hybridized carbons (Fsp3) is 0.550. The van der Waals surface area contributed by atoms with E-state index >= 15 is 0 Å². The van der Waals surface area contributed by atoms with E-state index < -0.39 is 17.4 Å². The lowest BCUT2D eigenvalue weighted by Gasteiger charge is -2.40. The quantitative estimate of drug-likeness (QED) is 0.715. The molecule has 4 rings (SSSR count). The van der Waals surface area contributed by atoms with Gasteiger partial charge in [-0.3, -0.25) is 14.5 Å². The van der Waals surface area contributed by atoms with Crippen molar-refractivity contribution in [3.8, 4) is 0 Å². The first-order valence-electron chi connectivity index (χ1n) is 9.84. The number of rotatable bonds is 4. The largest absolute Gasteiger partial charge is 0.465 e. The Morgan fingerprint density at radius 2 is 1.93 bits per heavy atom. The summed E-state index contributed by atoms with van der Waals surface area (Å²) in [6.45, 7) is 1.51. The number of primary amides is 1. The fourth-order valence-corrected chi connectivity index (χ4v) is 5.26. The summed E-state index contributed by atoms with van der Waals surface area (Å²) < 4.78 is 0. The molecule has 0 aromatic heterocycles. The molecular weight excluding hydrogens is 360 g/mol. The van der Waals surface area contributed by atoms with Gasteiger partial charge in [-0.25, -0.2) is 4.79 Å². The molecule has 1 saturated carbocycles. The van der Waals surface area contributed by atoms with Crippen molar-refractivity contribution < 1.29 is 19.5 Å². The molecule has 2 fully saturated rings. The smallest absolute Gasteiger partial charge is 0.404 e. The second-order valence-corrected chi connectivity index (χ2v) is 8.12. The Hall–Kier alpha value is -2.61. The molecule has 8 nitrogen and oxygen atoms in total. The van der Waals surface area contributed by atoms with Crippen molar-refractivity contribution in [2.45, 2.75) is 49.6 Å². The van der Waals surface area contributed by atoms with Gasteiger partial charge >= 0.3 is 6.09 Å². The van der Waals surface area contributed by atoms with Crippen LogP contribution in [0.4, 0.5) is 10.5 Å². The number of para-hydroxylation sites is 1. The van der Waals surface area contributed by atoms with E-state index in [9.17, 15) is 14.4 Å². The first-order chi connectivity index (χ1) is 13.4. The number of fused-ring (bicyclic) bond motifs is 2. The average molecular weight is 386 g/mol. The maximum absolute atomic E-state index is 13.3. The highest BCUT2D eigenvalue weighted by Crippen LogP contribution is 2.50. The lowest BCUT2D eigenvalue weighted by Crippen LogP contribution is -2.48. The lowest BCUT2D eigenvalue weighted by molar-refractivity contribution is -0.126. The number of hydrogen-bond donors (Lipinski definition) is 3. The van der Waals surface area contributed by atoms with Gasteiger partial charge in [-0.15, -0.1) is 0 Å². The molecule has 1 spiro atoms. The number of carbonyl (C=O) groups excluding carboxylic acids is 2. The predicted molar refractivity (Wildman–Crippen MR) is 103 cm³/mol. The van der Waals surface area contributed by atoms with Crippen molar-refractivity contribution in [3.05, 3.63) is 29.8 Å². The third-order valence-corrected chi connectivity index (χ3v) is 6.55. The molecule has 1 aromatic carbocycles. The summed E-state index contributed by atoms with van der Waals surface area (Å²) >= 11 is 0. The number of nitrogens with one attached hydrogen (secondary N) is 1. The van der Waals surface area contributed by atoms with Gasteiger partial charge < -0.3 is 21.1 Å². The number of nitrogens with zero attached hydrogens (tertiary/aromatic N) is 2. The molecule has 0 unspecified atom stereocenters. The van der Waals surface area contributed by atoms with Crippen molar-refractivity contribution in [2.24, 2.45) is 5.73 Å². The van der Waals surface area contributed by atoms with E-state index in [1.165, 1.54) is 0 Å². The Balaban J connectivity index is 1.48. The van der Waals surface area contributed by atoms with Gasteiger partial charge in [0.1, 0.15) is 6.54 Å². The summed E-state index contributed by atoms with van der Waals surface area (Å²) in [5.41, 5.74) is 6.61. The van der Waals surface area contributed by atoms with Crippen LogP contribution in [0.25, 0.3) is 0 Å². The monoisotopic (exact) mass is 386 g/mol. The SMILES string of the molecule is NC(=O)CN1C(=O)C2(CCC(N3CC[C@H](NC(=O)O)C3)CC2)c2ccccc21. The van der Waals surface area contributed by atoms with Crippen LogP contribution < -0.4 is 16.0 Å². The van der Waals surface area contributed by atoms with Gasteiger partial charge in [0.15, 0.2) is 0 Å². The fourth-order valence-electron chi connectivity index (χ4n) is 5.26. The summed E-state index contributed by atoms with van der Waals surface area (Å²) in [5.74, 6) is -0.527. The van der Waals surface area contributed by atoms with E-state index in [4.69, 9.17) is 10.8 Å². The van der Waals surface area contributed by atoms with E-state index in [0.29, 0.717) is 6.04 Å². The zero-order valence-corrected chi connectivity index (χ0v) is 15.8. The number of nitrogens with two attached hydrogens (primary N) is 1. The zero-order valence-electron chi connectivity index (χ0n) is 15.8. The highest BCUT2D eigenvalue weighted by atomic mass is 16.4. The molecule has 4 N–H and O–H groups in total. The number of benzene rings is 1. The molecule has 3 amide bonds. The highest BCUT2D eigenvalue weighted by molar-refractivity contribution is 6.10. The minimum Gasteiger partial charge on any atom is -0.465 e. The number of amides is 3. The molecule has 1 aliphatic carbocycles. The van der Waals surface area contributed by atoms with E-state index in [1.807, 2.05) is 24.3 Å². The Labute approximate surface area is 163 Å². The maximum Gasteiger partial charge on any atom is 0.404 e. The number of carboxylic acid groups (broad SMARTS) is 1. The Bertz CT molecular complexity index is 803. The minimum atomic E-state index is -0.975. The molecule has 8 heteroatoms. The van der Waals surface area contributed by atoms with Gasteiger partial charge in [0.25, 0.3) is 0 Å². The standard InChI is InChI=1S/C20H26N4O4/c21-17(25)12-24-16-4-2-1-3-15(16)20(18(24)26)8-5-14(6-9-20)23-10-7-13(11-23)22-19(27)28/h1-4,13-14,22H,5-12H2,(H2,21,25)(H,27,28)/t13-,14?,20?/m0/s1. The Kier molecular flexibility index (Phi) is 4.74. The van der Waals surface area contributed by atoms with Gasteiger partial charge in [0.2, 0.25) is 11.8 Å². The zero-order chi connectivity index (χ0) is 19.9. The van der Waals surface area contributed by atoms with E-state index in [-0.39, 0.29) is 18.5 Å². The molecule has 0 radical (unpaired) electrons. The lowest BCUT2D eigenvalue weighted by atomic mass is 9.68. The molecule has 1 atom stereocenters. The van der Waals surface area contributed by atoms with Gasteiger partial charge in [-0.05, 0) is 43.7 Å². The third kappa shape index (κ3) is 3.11. The molecule has 1 saturated heterocycles. The molecular formula is C20H26N4O4. The van der Waals surface area contributed by atoms with Crippen molar-refractivity contribution in [3.63, 3.8) is 0 Å². The van der Waals surface area contributed by atoms with Gasteiger partial charge in [-0.2, -0.15) is 0 Å². The summed E-state index contributed by atoms with van der Waals surface area (Å²) in [6, 6.07) is 8.04. The van der Waals surface area contributed by atoms with Crippen LogP contribution >= 0.6 is 0 Å². The first kappa shape index (κ1) is 18.7. The summed E-state index contributed by atoms with van der Waals surface area (Å²) in [7, 11) is 0. The van der Waals surface area contributed by atoms with E-state index in [1.54, 1.807) is 4.90 Å². The Morgan fingerprint density at radius 3 is 2.61 bits per heavy atom. The van der Waals surface area contributed by atoms with E-state index in [0.717, 1.165) is 56.4 Å². The van der Waals surface area contributed by atoms with Gasteiger partial charge in [0.05, 0.1) is 5.41 Å². The van der Waals surface area contributed by atoms with Crippen LogP contribution in [0.5, 0.6) is 0 Å². The van der Waals surface area contributed by atoms with Crippen LogP contribution in [0.15, 0.2) is 24.3 Å².